The van der Waals surface area contributed by atoms with Crippen LogP contribution >= 0.6 is 0 Å². The molecule has 20 heavy (non-hydrogen) atoms. The number of aliphatic hydroxyl groups is 4. The molecule has 1 aliphatic rings. The van der Waals surface area contributed by atoms with Crippen molar-refractivity contribution < 1.29 is 34.7 Å². The Kier molecular flexibility index (Phi) is 5.87. The fourth-order valence-electron chi connectivity index (χ4n) is 1.92. The van der Waals surface area contributed by atoms with Crippen molar-refractivity contribution >= 4 is 5.91 Å². The van der Waals surface area contributed by atoms with E-state index >= 15 is 0 Å². The first-order valence-electron chi connectivity index (χ1n) is 6.40. The van der Waals surface area contributed by atoms with Crippen LogP contribution in [0.25, 0.3) is 0 Å². The molecule has 0 saturated carbocycles. The Morgan fingerprint density at radius 3 is 2.35 bits per heavy atom. The van der Waals surface area contributed by atoms with Crippen molar-refractivity contribution in [2.24, 2.45) is 0 Å². The van der Waals surface area contributed by atoms with Gasteiger partial charge in [-0.2, -0.15) is 0 Å². The topological polar surface area (TPSA) is 128 Å². The monoisotopic (exact) mass is 293 g/mol. The molecule has 1 fully saturated rings. The van der Waals surface area contributed by atoms with Gasteiger partial charge in [-0.25, -0.2) is 0 Å². The summed E-state index contributed by atoms with van der Waals surface area (Å²) in [6.45, 7) is 3.65. The predicted octanol–water partition coefficient (Wildman–Crippen LogP) is -2.28. The second kappa shape index (κ2) is 6.79. The van der Waals surface area contributed by atoms with E-state index in [1.165, 1.54) is 6.92 Å². The molecule has 1 heterocycles. The van der Waals surface area contributed by atoms with Crippen molar-refractivity contribution in [2.45, 2.75) is 57.0 Å². The molecule has 0 unspecified atom stereocenters. The van der Waals surface area contributed by atoms with Gasteiger partial charge in [0.1, 0.15) is 24.4 Å². The van der Waals surface area contributed by atoms with Gasteiger partial charge in [-0.15, -0.1) is 0 Å². The molecule has 0 spiro atoms. The summed E-state index contributed by atoms with van der Waals surface area (Å²) >= 11 is 0. The zero-order chi connectivity index (χ0) is 15.5. The summed E-state index contributed by atoms with van der Waals surface area (Å²) in [6.07, 6.45) is -4.84. The van der Waals surface area contributed by atoms with Gasteiger partial charge >= 0.3 is 0 Å². The van der Waals surface area contributed by atoms with Crippen LogP contribution in [0, 0.1) is 0 Å². The Balaban J connectivity index is 2.91. The maximum absolute atomic E-state index is 11.2. The highest BCUT2D eigenvalue weighted by atomic mass is 16.7. The van der Waals surface area contributed by atoms with Crippen LogP contribution in [0.15, 0.2) is 0 Å². The van der Waals surface area contributed by atoms with Crippen LogP contribution in [-0.2, 0) is 14.3 Å². The van der Waals surface area contributed by atoms with Gasteiger partial charge in [0.25, 0.3) is 0 Å². The van der Waals surface area contributed by atoms with E-state index in [9.17, 15) is 20.1 Å². The van der Waals surface area contributed by atoms with Gasteiger partial charge in [-0.3, -0.25) is 4.79 Å². The third-order valence-electron chi connectivity index (χ3n) is 3.07. The van der Waals surface area contributed by atoms with Crippen LogP contribution in [0.5, 0.6) is 0 Å². The van der Waals surface area contributed by atoms with Crippen molar-refractivity contribution in [2.75, 3.05) is 13.2 Å². The number of hydrogen-bond acceptors (Lipinski definition) is 7. The molecule has 0 aromatic rings. The van der Waals surface area contributed by atoms with Crippen LogP contribution in [0.4, 0.5) is 0 Å². The van der Waals surface area contributed by atoms with Gasteiger partial charge in [0.2, 0.25) is 5.91 Å². The van der Waals surface area contributed by atoms with E-state index in [1.807, 2.05) is 0 Å². The quantitative estimate of drug-likeness (QED) is 0.386. The first-order chi connectivity index (χ1) is 9.21. The molecule has 5 atom stereocenters. The molecule has 1 aliphatic heterocycles. The van der Waals surface area contributed by atoms with Crippen molar-refractivity contribution in [3.63, 3.8) is 0 Å². The van der Waals surface area contributed by atoms with Crippen molar-refractivity contribution in [1.82, 2.24) is 5.32 Å². The third kappa shape index (κ3) is 4.11. The lowest BCUT2D eigenvalue weighted by Crippen LogP contribution is -2.65. The molecule has 8 nitrogen and oxygen atoms in total. The molecule has 0 aliphatic carbocycles. The SMILES string of the molecule is CC(=O)N[C@@H]1[C@H](OC(C)(C)CO)O[C@@H](CO)[C@@H](O)[C@H]1O. The summed E-state index contributed by atoms with van der Waals surface area (Å²) in [5.41, 5.74) is -0.969. The van der Waals surface area contributed by atoms with Crippen molar-refractivity contribution in [3.05, 3.63) is 0 Å². The summed E-state index contributed by atoms with van der Waals surface area (Å²) in [4.78, 5) is 11.2. The maximum atomic E-state index is 11.2. The highest BCUT2D eigenvalue weighted by Crippen LogP contribution is 2.25. The molecular formula is C12H23NO7. The van der Waals surface area contributed by atoms with Gasteiger partial charge in [0, 0.05) is 6.92 Å². The number of nitrogens with one attached hydrogen (secondary N) is 1. The first-order valence-corrected chi connectivity index (χ1v) is 6.40. The average Bonchev–Trinajstić information content (AvgIpc) is 2.37. The van der Waals surface area contributed by atoms with Gasteiger partial charge in [0.15, 0.2) is 6.29 Å². The van der Waals surface area contributed by atoms with Crippen LogP contribution in [0.3, 0.4) is 0 Å². The average molecular weight is 293 g/mol. The second-order valence-corrected chi connectivity index (χ2v) is 5.47. The Bertz CT molecular complexity index is 336. The summed E-state index contributed by atoms with van der Waals surface area (Å²) in [5.74, 6) is -0.428. The van der Waals surface area contributed by atoms with Gasteiger partial charge < -0.3 is 35.2 Å². The van der Waals surface area contributed by atoms with E-state index in [2.05, 4.69) is 5.32 Å². The second-order valence-electron chi connectivity index (χ2n) is 5.47. The van der Waals surface area contributed by atoms with Gasteiger partial charge in [-0.05, 0) is 13.8 Å². The highest BCUT2D eigenvalue weighted by molar-refractivity contribution is 5.73. The molecule has 118 valence electrons. The zero-order valence-electron chi connectivity index (χ0n) is 11.8. The van der Waals surface area contributed by atoms with Crippen LogP contribution in [0.2, 0.25) is 0 Å². The normalized spacial score (nSPS) is 34.9. The zero-order valence-corrected chi connectivity index (χ0v) is 11.8. The Morgan fingerprint density at radius 2 is 1.90 bits per heavy atom. The molecule has 0 radical (unpaired) electrons. The molecule has 1 amide bonds. The number of rotatable bonds is 5. The fraction of sp³-hybridized carbons (Fsp3) is 0.917. The molecule has 0 aromatic carbocycles. The van der Waals surface area contributed by atoms with E-state index in [0.29, 0.717) is 0 Å². The Labute approximate surface area is 117 Å². The van der Waals surface area contributed by atoms with E-state index in [0.717, 1.165) is 0 Å². The minimum Gasteiger partial charge on any atom is -0.394 e. The smallest absolute Gasteiger partial charge is 0.217 e. The molecule has 1 rings (SSSR count). The summed E-state index contributed by atoms with van der Waals surface area (Å²) in [6, 6.07) is -1.00. The lowest BCUT2D eigenvalue weighted by atomic mass is 9.96. The third-order valence-corrected chi connectivity index (χ3v) is 3.07. The number of aliphatic hydroxyl groups excluding tert-OH is 4. The van der Waals surface area contributed by atoms with E-state index < -0.39 is 48.8 Å². The molecule has 0 bridgehead atoms. The Hall–Kier alpha value is -0.770. The predicted molar refractivity (Wildman–Crippen MR) is 67.6 cm³/mol. The molecule has 1 saturated heterocycles. The molecule has 5 N–H and O–H groups in total. The van der Waals surface area contributed by atoms with Gasteiger partial charge in [0.05, 0.1) is 18.8 Å². The largest absolute Gasteiger partial charge is 0.394 e. The Morgan fingerprint density at radius 1 is 1.30 bits per heavy atom. The molecule has 8 heteroatoms. The van der Waals surface area contributed by atoms with Crippen LogP contribution < -0.4 is 5.32 Å². The van der Waals surface area contributed by atoms with E-state index in [-0.39, 0.29) is 6.61 Å². The minimum atomic E-state index is -1.36. The number of carbonyl (C=O) groups is 1. The van der Waals surface area contributed by atoms with Crippen LogP contribution in [0.1, 0.15) is 20.8 Å². The minimum absolute atomic E-state index is 0.303. The molecular weight excluding hydrogens is 270 g/mol. The van der Waals surface area contributed by atoms with E-state index in [1.54, 1.807) is 13.8 Å². The maximum Gasteiger partial charge on any atom is 0.217 e. The van der Waals surface area contributed by atoms with E-state index in [4.69, 9.17) is 14.6 Å². The fourth-order valence-corrected chi connectivity index (χ4v) is 1.92. The lowest BCUT2D eigenvalue weighted by molar-refractivity contribution is -0.298. The number of carbonyl (C=O) groups excluding carboxylic acids is 1. The lowest BCUT2D eigenvalue weighted by Gasteiger charge is -2.44. The number of amides is 1. The summed E-state index contributed by atoms with van der Waals surface area (Å²) < 4.78 is 10.9. The van der Waals surface area contributed by atoms with Crippen molar-refractivity contribution in [3.8, 4) is 0 Å². The number of hydrogen-bond donors (Lipinski definition) is 5. The first kappa shape index (κ1) is 17.3. The highest BCUT2D eigenvalue weighted by Gasteiger charge is 2.46. The van der Waals surface area contributed by atoms with Crippen molar-refractivity contribution in [1.29, 1.82) is 0 Å². The summed E-state index contributed by atoms with van der Waals surface area (Å²) in [7, 11) is 0. The number of ether oxygens (including phenoxy) is 2. The van der Waals surface area contributed by atoms with Gasteiger partial charge in [-0.1, -0.05) is 0 Å². The standard InChI is InChI=1S/C12H23NO7/c1-6(16)13-8-10(18)9(17)7(4-14)19-11(8)20-12(2,3)5-15/h7-11,14-15,17-18H,4-5H2,1-3H3,(H,13,16)/t7-,8-,9+,10-,11-/m0/s1. The summed E-state index contributed by atoms with van der Waals surface area (Å²) in [5, 5.41) is 40.6. The molecule has 0 aromatic heterocycles. The van der Waals surface area contributed by atoms with Crippen LogP contribution in [-0.4, -0.2) is 75.8 Å².